The summed E-state index contributed by atoms with van der Waals surface area (Å²) in [5, 5.41) is 6.20. The molecule has 25 heavy (non-hydrogen) atoms. The molecule has 0 radical (unpaired) electrons. The predicted octanol–water partition coefficient (Wildman–Crippen LogP) is 2.85. The molecule has 1 saturated heterocycles. The lowest BCUT2D eigenvalue weighted by atomic mass is 9.92. The first-order chi connectivity index (χ1) is 11.2. The van der Waals surface area contributed by atoms with E-state index >= 15 is 0 Å². The van der Waals surface area contributed by atoms with Gasteiger partial charge in [-0.05, 0) is 30.0 Å². The summed E-state index contributed by atoms with van der Waals surface area (Å²) in [6.07, 6.45) is 0.884. The van der Waals surface area contributed by atoms with Crippen LogP contribution >= 0.6 is 12.4 Å². The Hall–Kier alpha value is -1.59. The van der Waals surface area contributed by atoms with Gasteiger partial charge in [-0.2, -0.15) is 0 Å². The van der Waals surface area contributed by atoms with Crippen LogP contribution in [0.3, 0.4) is 0 Å². The van der Waals surface area contributed by atoms with Crippen molar-refractivity contribution < 1.29 is 9.59 Å². The summed E-state index contributed by atoms with van der Waals surface area (Å²) < 4.78 is 0. The third-order valence-electron chi connectivity index (χ3n) is 4.11. The van der Waals surface area contributed by atoms with Crippen molar-refractivity contribution >= 4 is 29.9 Å². The van der Waals surface area contributed by atoms with Crippen molar-refractivity contribution in [2.75, 3.05) is 25.0 Å². The number of piperazine rings is 1. The molecule has 1 fully saturated rings. The highest BCUT2D eigenvalue weighted by Crippen LogP contribution is 2.20. The summed E-state index contributed by atoms with van der Waals surface area (Å²) in [6.45, 7) is 10.7. The summed E-state index contributed by atoms with van der Waals surface area (Å²) in [5.74, 6) is 0.175. The fourth-order valence-corrected chi connectivity index (χ4v) is 2.88. The monoisotopic (exact) mass is 367 g/mol. The number of anilines is 1. The fraction of sp³-hybridized carbons (Fsp3) is 0.579. The molecule has 2 amide bonds. The lowest BCUT2D eigenvalue weighted by Gasteiger charge is -2.34. The number of nitrogens with zero attached hydrogens (tertiary/aromatic N) is 1. The zero-order chi connectivity index (χ0) is 17.7. The summed E-state index contributed by atoms with van der Waals surface area (Å²) in [4.78, 5) is 26.3. The lowest BCUT2D eigenvalue weighted by Crippen LogP contribution is -2.52. The van der Waals surface area contributed by atoms with Crippen LogP contribution in [0, 0.1) is 5.41 Å². The molecular formula is C19H30ClN3O2. The highest BCUT2D eigenvalue weighted by Gasteiger charge is 2.22. The summed E-state index contributed by atoms with van der Waals surface area (Å²) >= 11 is 0. The molecule has 1 aliphatic rings. The lowest BCUT2D eigenvalue weighted by molar-refractivity contribution is -0.133. The Morgan fingerprint density at radius 1 is 1.24 bits per heavy atom. The SMILES string of the molecule is C[C@@H]1CNCCN1C(=O)Cc1ccc(NC(=O)CC(C)(C)C)cc1.Cl. The molecule has 5 nitrogen and oxygen atoms in total. The Labute approximate surface area is 157 Å². The number of rotatable bonds is 4. The summed E-state index contributed by atoms with van der Waals surface area (Å²) in [7, 11) is 0. The zero-order valence-corrected chi connectivity index (χ0v) is 16.4. The second-order valence-corrected chi connectivity index (χ2v) is 7.80. The first-order valence-electron chi connectivity index (χ1n) is 8.63. The quantitative estimate of drug-likeness (QED) is 0.860. The number of carbonyl (C=O) groups is 2. The van der Waals surface area contributed by atoms with Crippen LogP contribution < -0.4 is 10.6 Å². The maximum Gasteiger partial charge on any atom is 0.227 e. The van der Waals surface area contributed by atoms with Gasteiger partial charge in [0.2, 0.25) is 11.8 Å². The van der Waals surface area contributed by atoms with Crippen molar-refractivity contribution in [1.82, 2.24) is 10.2 Å². The highest BCUT2D eigenvalue weighted by atomic mass is 35.5. The first-order valence-corrected chi connectivity index (χ1v) is 8.63. The molecule has 0 saturated carbocycles. The molecule has 1 aromatic carbocycles. The van der Waals surface area contributed by atoms with Crippen molar-refractivity contribution in [3.8, 4) is 0 Å². The minimum absolute atomic E-state index is 0. The van der Waals surface area contributed by atoms with Gasteiger partial charge >= 0.3 is 0 Å². The van der Waals surface area contributed by atoms with E-state index in [4.69, 9.17) is 0 Å². The van der Waals surface area contributed by atoms with Gasteiger partial charge < -0.3 is 15.5 Å². The van der Waals surface area contributed by atoms with Crippen molar-refractivity contribution in [3.05, 3.63) is 29.8 Å². The van der Waals surface area contributed by atoms with Crippen LogP contribution in [-0.4, -0.2) is 42.4 Å². The number of hydrogen-bond acceptors (Lipinski definition) is 3. The minimum atomic E-state index is -0.0313. The van der Waals surface area contributed by atoms with Crippen LogP contribution in [0.25, 0.3) is 0 Å². The van der Waals surface area contributed by atoms with Gasteiger partial charge in [-0.25, -0.2) is 0 Å². The molecule has 2 N–H and O–H groups in total. The zero-order valence-electron chi connectivity index (χ0n) is 15.6. The van der Waals surface area contributed by atoms with Gasteiger partial charge in [-0.3, -0.25) is 9.59 Å². The van der Waals surface area contributed by atoms with E-state index in [2.05, 4.69) is 17.6 Å². The Morgan fingerprint density at radius 3 is 2.44 bits per heavy atom. The van der Waals surface area contributed by atoms with E-state index in [1.807, 2.05) is 49.9 Å². The van der Waals surface area contributed by atoms with E-state index in [1.165, 1.54) is 0 Å². The minimum Gasteiger partial charge on any atom is -0.337 e. The third-order valence-corrected chi connectivity index (χ3v) is 4.11. The molecule has 0 aliphatic carbocycles. The van der Waals surface area contributed by atoms with Crippen LogP contribution in [0.2, 0.25) is 0 Å². The van der Waals surface area contributed by atoms with E-state index in [0.717, 1.165) is 30.9 Å². The van der Waals surface area contributed by atoms with E-state index in [0.29, 0.717) is 12.8 Å². The molecular weight excluding hydrogens is 338 g/mol. The van der Waals surface area contributed by atoms with Crippen LogP contribution in [0.4, 0.5) is 5.69 Å². The molecule has 0 spiro atoms. The Kier molecular flexibility index (Phi) is 7.90. The molecule has 140 valence electrons. The molecule has 1 aromatic rings. The molecule has 0 bridgehead atoms. The Morgan fingerprint density at radius 2 is 1.88 bits per heavy atom. The van der Waals surface area contributed by atoms with Crippen molar-refractivity contribution in [2.45, 2.75) is 46.6 Å². The second-order valence-electron chi connectivity index (χ2n) is 7.80. The topological polar surface area (TPSA) is 61.4 Å². The number of amides is 2. The third kappa shape index (κ3) is 7.04. The summed E-state index contributed by atoms with van der Waals surface area (Å²) in [5.41, 5.74) is 1.71. The largest absolute Gasteiger partial charge is 0.337 e. The highest BCUT2D eigenvalue weighted by molar-refractivity contribution is 5.91. The number of benzene rings is 1. The van der Waals surface area contributed by atoms with Crippen LogP contribution in [0.15, 0.2) is 24.3 Å². The fourth-order valence-electron chi connectivity index (χ4n) is 2.88. The van der Waals surface area contributed by atoms with Crippen molar-refractivity contribution in [3.63, 3.8) is 0 Å². The maximum absolute atomic E-state index is 12.4. The number of nitrogens with one attached hydrogen (secondary N) is 2. The van der Waals surface area contributed by atoms with E-state index in [-0.39, 0.29) is 35.7 Å². The van der Waals surface area contributed by atoms with Gasteiger partial charge in [0.1, 0.15) is 0 Å². The molecule has 0 unspecified atom stereocenters. The summed E-state index contributed by atoms with van der Waals surface area (Å²) in [6, 6.07) is 7.80. The number of carbonyl (C=O) groups excluding carboxylic acids is 2. The van der Waals surface area contributed by atoms with Gasteiger partial charge in [0.05, 0.1) is 6.42 Å². The standard InChI is InChI=1S/C19H29N3O2.ClH/c1-14-13-20-9-10-22(14)18(24)11-15-5-7-16(8-6-15)21-17(23)12-19(2,3)4;/h5-8,14,20H,9-13H2,1-4H3,(H,21,23);1H/t14-;/m1./s1. The Balaban J connectivity index is 0.00000312. The predicted molar refractivity (Wildman–Crippen MR) is 104 cm³/mol. The smallest absolute Gasteiger partial charge is 0.227 e. The average Bonchev–Trinajstić information content (AvgIpc) is 2.47. The molecule has 0 aromatic heterocycles. The number of halogens is 1. The Bertz CT molecular complexity index is 581. The van der Waals surface area contributed by atoms with Gasteiger partial charge in [-0.1, -0.05) is 32.9 Å². The van der Waals surface area contributed by atoms with Gasteiger partial charge in [0.25, 0.3) is 0 Å². The van der Waals surface area contributed by atoms with Gasteiger partial charge in [-0.15, -0.1) is 12.4 Å². The average molecular weight is 368 g/mol. The van der Waals surface area contributed by atoms with Crippen LogP contribution in [-0.2, 0) is 16.0 Å². The molecule has 1 atom stereocenters. The van der Waals surface area contributed by atoms with E-state index in [9.17, 15) is 9.59 Å². The molecule has 1 heterocycles. The number of hydrogen-bond donors (Lipinski definition) is 2. The van der Waals surface area contributed by atoms with E-state index in [1.54, 1.807) is 0 Å². The van der Waals surface area contributed by atoms with Gasteiger partial charge in [0.15, 0.2) is 0 Å². The second kappa shape index (κ2) is 9.20. The molecule has 1 aliphatic heterocycles. The van der Waals surface area contributed by atoms with Crippen LogP contribution in [0.5, 0.6) is 0 Å². The van der Waals surface area contributed by atoms with Crippen LogP contribution in [0.1, 0.15) is 39.7 Å². The maximum atomic E-state index is 12.4. The normalized spacial score (nSPS) is 17.6. The van der Waals surface area contributed by atoms with E-state index < -0.39 is 0 Å². The van der Waals surface area contributed by atoms with Gasteiger partial charge in [0, 0.05) is 37.8 Å². The molecule has 6 heteroatoms. The van der Waals surface area contributed by atoms with Crippen molar-refractivity contribution in [2.24, 2.45) is 5.41 Å². The first kappa shape index (κ1) is 21.5. The van der Waals surface area contributed by atoms with Crippen molar-refractivity contribution in [1.29, 1.82) is 0 Å². The molecule has 2 rings (SSSR count).